The van der Waals surface area contributed by atoms with E-state index in [0.717, 1.165) is 81.5 Å². The van der Waals surface area contributed by atoms with Crippen molar-refractivity contribution in [1.82, 2.24) is 29.6 Å². The third-order valence-corrected chi connectivity index (χ3v) is 7.66. The Morgan fingerprint density at radius 1 is 0.838 bits per heavy atom. The Morgan fingerprint density at radius 2 is 1.57 bits per heavy atom. The molecule has 0 unspecified atom stereocenters. The predicted molar refractivity (Wildman–Crippen MR) is 144 cm³/mol. The lowest BCUT2D eigenvalue weighted by Crippen LogP contribution is -2.51. The van der Waals surface area contributed by atoms with Crippen molar-refractivity contribution in [3.05, 3.63) is 77.9 Å². The fourth-order valence-electron chi connectivity index (χ4n) is 5.41. The minimum Gasteiger partial charge on any atom is -0.355 e. The number of fused-ring (bicyclic) bond motifs is 1. The molecule has 0 bridgehead atoms. The molecular weight excluding hydrogens is 462 g/mol. The molecule has 8 nitrogen and oxygen atoms in total. The van der Waals surface area contributed by atoms with Crippen molar-refractivity contribution in [3.63, 3.8) is 0 Å². The summed E-state index contributed by atoms with van der Waals surface area (Å²) in [5, 5.41) is 13.5. The van der Waals surface area contributed by atoms with Gasteiger partial charge >= 0.3 is 0 Å². The van der Waals surface area contributed by atoms with Crippen molar-refractivity contribution in [2.75, 3.05) is 44.2 Å². The number of nitrogens with zero attached hydrogens (tertiary/aromatic N) is 7. The minimum atomic E-state index is 0.0960. The molecule has 0 N–H and O–H groups in total. The second-order valence-corrected chi connectivity index (χ2v) is 10.2. The first kappa shape index (κ1) is 23.6. The number of carbonyl (C=O) groups excluding carboxylic acids is 1. The first-order chi connectivity index (χ1) is 18.1. The van der Waals surface area contributed by atoms with E-state index in [1.165, 1.54) is 11.1 Å². The molecule has 2 saturated heterocycles. The van der Waals surface area contributed by atoms with Gasteiger partial charge in [-0.15, -0.1) is 15.3 Å². The monoisotopic (exact) mass is 495 g/mol. The summed E-state index contributed by atoms with van der Waals surface area (Å²) in [4.78, 5) is 20.1. The number of hydrogen-bond acceptors (Lipinski definition) is 6. The van der Waals surface area contributed by atoms with Gasteiger partial charge in [0.1, 0.15) is 5.82 Å². The molecule has 2 aliphatic heterocycles. The Balaban J connectivity index is 1.06. The van der Waals surface area contributed by atoms with Crippen LogP contribution in [0.5, 0.6) is 0 Å². The number of hydrogen-bond donors (Lipinski definition) is 0. The van der Waals surface area contributed by atoms with Crippen molar-refractivity contribution >= 4 is 17.4 Å². The van der Waals surface area contributed by atoms with Crippen LogP contribution < -0.4 is 4.90 Å². The molecule has 6 rings (SSSR count). The van der Waals surface area contributed by atoms with E-state index in [-0.39, 0.29) is 5.92 Å². The SMILES string of the molecule is Cc1ccc(-c2nnc3ccc(N4CCC(C(=O)N5CCN(Cc6ccccc6)CC5)CC4)nn23)cc1. The zero-order valence-corrected chi connectivity index (χ0v) is 21.3. The second-order valence-electron chi connectivity index (χ2n) is 10.2. The van der Waals surface area contributed by atoms with Crippen molar-refractivity contribution in [3.8, 4) is 11.4 Å². The molecule has 2 aromatic heterocycles. The maximum Gasteiger partial charge on any atom is 0.225 e. The van der Waals surface area contributed by atoms with E-state index in [1.807, 2.05) is 16.6 Å². The molecule has 2 aromatic carbocycles. The van der Waals surface area contributed by atoms with Crippen molar-refractivity contribution in [2.24, 2.45) is 5.92 Å². The first-order valence-electron chi connectivity index (χ1n) is 13.2. The highest BCUT2D eigenvalue weighted by atomic mass is 16.2. The highest BCUT2D eigenvalue weighted by molar-refractivity contribution is 5.79. The number of amides is 1. The van der Waals surface area contributed by atoms with Crippen LogP contribution in [0.4, 0.5) is 5.82 Å². The fraction of sp³-hybridized carbons (Fsp3) is 0.379. The lowest BCUT2D eigenvalue weighted by atomic mass is 9.95. The van der Waals surface area contributed by atoms with Crippen molar-refractivity contribution < 1.29 is 4.79 Å². The van der Waals surface area contributed by atoms with Crippen LogP contribution in [0.2, 0.25) is 0 Å². The van der Waals surface area contributed by atoms with E-state index >= 15 is 0 Å². The van der Waals surface area contributed by atoms with E-state index in [4.69, 9.17) is 5.10 Å². The van der Waals surface area contributed by atoms with Gasteiger partial charge in [0.2, 0.25) is 5.91 Å². The van der Waals surface area contributed by atoms with Crippen LogP contribution in [0.3, 0.4) is 0 Å². The summed E-state index contributed by atoms with van der Waals surface area (Å²) in [6.45, 7) is 8.19. The molecule has 2 fully saturated rings. The van der Waals surface area contributed by atoms with Gasteiger partial charge < -0.3 is 9.80 Å². The number of piperidine rings is 1. The molecule has 1 amide bonds. The minimum absolute atomic E-state index is 0.0960. The number of aryl methyl sites for hydroxylation is 1. The van der Waals surface area contributed by atoms with Crippen molar-refractivity contribution in [2.45, 2.75) is 26.3 Å². The summed E-state index contributed by atoms with van der Waals surface area (Å²) in [6, 6.07) is 22.8. The van der Waals surface area contributed by atoms with E-state index in [9.17, 15) is 4.79 Å². The van der Waals surface area contributed by atoms with Gasteiger partial charge in [-0.25, -0.2) is 0 Å². The second kappa shape index (κ2) is 10.3. The van der Waals surface area contributed by atoms with Crippen LogP contribution in [-0.2, 0) is 11.3 Å². The third kappa shape index (κ3) is 5.06. The maximum absolute atomic E-state index is 13.3. The lowest BCUT2D eigenvalue weighted by Gasteiger charge is -2.38. The zero-order valence-electron chi connectivity index (χ0n) is 21.3. The van der Waals surface area contributed by atoms with Crippen LogP contribution in [0.25, 0.3) is 17.0 Å². The van der Waals surface area contributed by atoms with Crippen LogP contribution in [0, 0.1) is 12.8 Å². The Labute approximate surface area is 217 Å². The summed E-state index contributed by atoms with van der Waals surface area (Å²) < 4.78 is 1.83. The highest BCUT2D eigenvalue weighted by Crippen LogP contribution is 2.25. The molecule has 8 heteroatoms. The molecule has 4 aromatic rings. The van der Waals surface area contributed by atoms with Gasteiger partial charge in [-0.2, -0.15) is 4.52 Å². The summed E-state index contributed by atoms with van der Waals surface area (Å²) in [5.74, 6) is 2.07. The number of rotatable bonds is 5. The van der Waals surface area contributed by atoms with Gasteiger partial charge in [0.25, 0.3) is 0 Å². The van der Waals surface area contributed by atoms with E-state index in [0.29, 0.717) is 5.91 Å². The standard InChI is InChI=1S/C29H33N7O/c1-22-7-9-24(10-8-22)28-31-30-26-11-12-27(32-36(26)28)34-15-13-25(14-16-34)29(37)35-19-17-33(18-20-35)21-23-5-3-2-4-6-23/h2-12,25H,13-21H2,1H3. The zero-order chi connectivity index (χ0) is 25.2. The van der Waals surface area contributed by atoms with Gasteiger partial charge in [0.15, 0.2) is 11.5 Å². The number of aromatic nitrogens is 4. The molecule has 37 heavy (non-hydrogen) atoms. The molecule has 0 radical (unpaired) electrons. The third-order valence-electron chi connectivity index (χ3n) is 7.66. The Bertz CT molecular complexity index is 1350. The Kier molecular flexibility index (Phi) is 6.57. The predicted octanol–water partition coefficient (Wildman–Crippen LogP) is 3.66. The highest BCUT2D eigenvalue weighted by Gasteiger charge is 2.31. The molecular formula is C29H33N7O. The normalized spacial score (nSPS) is 17.4. The average Bonchev–Trinajstić information content (AvgIpc) is 3.37. The molecule has 2 aliphatic rings. The van der Waals surface area contributed by atoms with Gasteiger partial charge in [-0.05, 0) is 37.5 Å². The fourth-order valence-corrected chi connectivity index (χ4v) is 5.41. The van der Waals surface area contributed by atoms with E-state index in [1.54, 1.807) is 0 Å². The molecule has 0 saturated carbocycles. The molecule has 4 heterocycles. The quantitative estimate of drug-likeness (QED) is 0.421. The van der Waals surface area contributed by atoms with E-state index in [2.05, 4.69) is 86.4 Å². The van der Waals surface area contributed by atoms with Crippen molar-refractivity contribution in [1.29, 1.82) is 0 Å². The number of carbonyl (C=O) groups is 1. The lowest BCUT2D eigenvalue weighted by molar-refractivity contribution is -0.138. The summed E-state index contributed by atoms with van der Waals surface area (Å²) >= 11 is 0. The molecule has 190 valence electrons. The molecule has 0 aliphatic carbocycles. The maximum atomic E-state index is 13.3. The summed E-state index contributed by atoms with van der Waals surface area (Å²) in [5.41, 5.74) is 4.27. The number of piperazine rings is 1. The topological polar surface area (TPSA) is 69.9 Å². The molecule has 0 spiro atoms. The largest absolute Gasteiger partial charge is 0.355 e. The Hall–Kier alpha value is -3.78. The number of benzene rings is 2. The smallest absolute Gasteiger partial charge is 0.225 e. The van der Waals surface area contributed by atoms with Crippen LogP contribution in [-0.4, -0.2) is 74.8 Å². The van der Waals surface area contributed by atoms with Crippen LogP contribution >= 0.6 is 0 Å². The van der Waals surface area contributed by atoms with Gasteiger partial charge in [0, 0.05) is 57.3 Å². The van der Waals surface area contributed by atoms with Crippen LogP contribution in [0.1, 0.15) is 24.0 Å². The average molecular weight is 496 g/mol. The van der Waals surface area contributed by atoms with Gasteiger partial charge in [0.05, 0.1) is 0 Å². The van der Waals surface area contributed by atoms with E-state index < -0.39 is 0 Å². The van der Waals surface area contributed by atoms with Gasteiger partial charge in [-0.1, -0.05) is 60.2 Å². The Morgan fingerprint density at radius 3 is 2.30 bits per heavy atom. The summed E-state index contributed by atoms with van der Waals surface area (Å²) in [6.07, 6.45) is 1.71. The van der Waals surface area contributed by atoms with Crippen LogP contribution in [0.15, 0.2) is 66.7 Å². The van der Waals surface area contributed by atoms with Gasteiger partial charge in [-0.3, -0.25) is 9.69 Å². The molecule has 0 atom stereocenters. The number of anilines is 1. The summed E-state index contributed by atoms with van der Waals surface area (Å²) in [7, 11) is 0. The first-order valence-corrected chi connectivity index (χ1v) is 13.2.